The van der Waals surface area contributed by atoms with Gasteiger partial charge in [-0.25, -0.2) is 10.4 Å². The quantitative estimate of drug-likeness (QED) is 0.212. The molecule has 0 aliphatic rings. The van der Waals surface area contributed by atoms with Crippen LogP contribution in [-0.2, 0) is 4.79 Å². The third-order valence-corrected chi connectivity index (χ3v) is 6.58. The molecule has 0 fully saturated rings. The molecule has 4 aromatic rings. The van der Waals surface area contributed by atoms with Gasteiger partial charge in [0.15, 0.2) is 10.9 Å². The van der Waals surface area contributed by atoms with Crippen LogP contribution < -0.4 is 10.2 Å². The van der Waals surface area contributed by atoms with Gasteiger partial charge in [-0.2, -0.15) is 5.10 Å². The molecule has 1 aromatic heterocycles. The number of nitro benzene ring substituents is 1. The second kappa shape index (κ2) is 10.2. The maximum Gasteiger partial charge on any atom is 0.283 e. The van der Waals surface area contributed by atoms with Crippen LogP contribution in [0.4, 0.5) is 5.69 Å². The van der Waals surface area contributed by atoms with Crippen molar-refractivity contribution in [1.29, 1.82) is 0 Å². The number of ether oxygens (including phenoxy) is 1. The van der Waals surface area contributed by atoms with Crippen LogP contribution in [0.2, 0.25) is 0 Å². The van der Waals surface area contributed by atoms with E-state index < -0.39 is 10.8 Å². The molecule has 0 atom stereocenters. The molecule has 1 N–H and O–H groups in total. The standard InChI is InChI=1S/C23H18N4O4S2/c1-15-5-4-6-17(11-15)31-14-22(28)26-24-13-16-9-10-21(19(12-16)27(29)30)33-23-25-18-7-2-3-8-20(18)32-23/h2-13H,14H2,1H3,(H,26,28)/b24-13+. The number of fused-ring (bicyclic) bond motifs is 1. The predicted molar refractivity (Wildman–Crippen MR) is 129 cm³/mol. The third kappa shape index (κ3) is 5.93. The van der Waals surface area contributed by atoms with E-state index in [0.717, 1.165) is 20.1 Å². The summed E-state index contributed by atoms with van der Waals surface area (Å²) in [5.41, 5.74) is 4.66. The van der Waals surface area contributed by atoms with E-state index in [-0.39, 0.29) is 12.3 Å². The number of thiazole rings is 1. The summed E-state index contributed by atoms with van der Waals surface area (Å²) in [6.07, 6.45) is 1.35. The molecule has 0 unspecified atom stereocenters. The third-order valence-electron chi connectivity index (χ3n) is 4.41. The van der Waals surface area contributed by atoms with E-state index in [9.17, 15) is 14.9 Å². The summed E-state index contributed by atoms with van der Waals surface area (Å²) in [6.45, 7) is 1.73. The van der Waals surface area contributed by atoms with E-state index in [1.54, 1.807) is 18.2 Å². The first-order valence-corrected chi connectivity index (χ1v) is 11.4. The molecular formula is C23H18N4O4S2. The zero-order valence-electron chi connectivity index (χ0n) is 17.4. The molecule has 4 rings (SSSR count). The Kier molecular flexibility index (Phi) is 6.96. The largest absolute Gasteiger partial charge is 0.484 e. The minimum atomic E-state index is -0.443. The zero-order chi connectivity index (χ0) is 23.2. The Hall–Kier alpha value is -3.76. The average molecular weight is 479 g/mol. The maximum absolute atomic E-state index is 11.9. The highest BCUT2D eigenvalue weighted by Gasteiger charge is 2.17. The fourth-order valence-corrected chi connectivity index (χ4v) is 5.01. The fraction of sp³-hybridized carbons (Fsp3) is 0.0870. The smallest absolute Gasteiger partial charge is 0.283 e. The minimum absolute atomic E-state index is 0.0580. The Morgan fingerprint density at radius 2 is 2.06 bits per heavy atom. The van der Waals surface area contributed by atoms with E-state index in [0.29, 0.717) is 16.2 Å². The van der Waals surface area contributed by atoms with Gasteiger partial charge in [0.2, 0.25) is 0 Å². The molecule has 1 amide bonds. The molecule has 8 nitrogen and oxygen atoms in total. The molecule has 0 saturated heterocycles. The van der Waals surface area contributed by atoms with Crippen molar-refractivity contribution in [2.75, 3.05) is 6.61 Å². The van der Waals surface area contributed by atoms with Crippen molar-refractivity contribution in [2.45, 2.75) is 16.2 Å². The summed E-state index contributed by atoms with van der Waals surface area (Å²) in [5, 5.41) is 15.5. The molecular weight excluding hydrogens is 460 g/mol. The molecule has 0 aliphatic heterocycles. The second-order valence-electron chi connectivity index (χ2n) is 6.93. The molecule has 3 aromatic carbocycles. The Labute approximate surface area is 197 Å². The summed E-state index contributed by atoms with van der Waals surface area (Å²) in [7, 11) is 0. The van der Waals surface area contributed by atoms with Crippen molar-refractivity contribution in [3.8, 4) is 5.75 Å². The van der Waals surface area contributed by atoms with Crippen molar-refractivity contribution in [2.24, 2.45) is 5.10 Å². The van der Waals surface area contributed by atoms with Crippen molar-refractivity contribution >= 4 is 51.1 Å². The number of benzene rings is 3. The molecule has 0 saturated carbocycles. The van der Waals surface area contributed by atoms with Gasteiger partial charge in [0.25, 0.3) is 11.6 Å². The highest BCUT2D eigenvalue weighted by atomic mass is 32.2. The fourth-order valence-electron chi connectivity index (χ4n) is 2.90. The number of hydrazone groups is 1. The van der Waals surface area contributed by atoms with Crippen molar-refractivity contribution in [1.82, 2.24) is 10.4 Å². The molecule has 0 bridgehead atoms. The zero-order valence-corrected chi connectivity index (χ0v) is 19.1. The number of aryl methyl sites for hydroxylation is 1. The Morgan fingerprint density at radius 3 is 2.85 bits per heavy atom. The molecule has 1 heterocycles. The number of nitro groups is 1. The lowest BCUT2D eigenvalue weighted by Gasteiger charge is -2.05. The van der Waals surface area contributed by atoms with Crippen molar-refractivity contribution in [3.63, 3.8) is 0 Å². The van der Waals surface area contributed by atoms with Gasteiger partial charge in [-0.05, 0) is 42.8 Å². The van der Waals surface area contributed by atoms with Gasteiger partial charge in [0, 0.05) is 11.6 Å². The Morgan fingerprint density at radius 1 is 1.21 bits per heavy atom. The lowest BCUT2D eigenvalue weighted by atomic mass is 10.2. The Bertz CT molecular complexity index is 1320. The number of amides is 1. The van der Waals surface area contributed by atoms with Gasteiger partial charge in [-0.3, -0.25) is 14.9 Å². The number of para-hydroxylation sites is 1. The number of nitrogens with one attached hydrogen (secondary N) is 1. The Balaban J connectivity index is 1.39. The van der Waals surface area contributed by atoms with Gasteiger partial charge in [0.05, 0.1) is 26.3 Å². The molecule has 166 valence electrons. The summed E-state index contributed by atoms with van der Waals surface area (Å²) < 4.78 is 7.16. The maximum atomic E-state index is 11.9. The second-order valence-corrected chi connectivity index (χ2v) is 9.25. The topological polar surface area (TPSA) is 107 Å². The molecule has 0 spiro atoms. The van der Waals surface area contributed by atoms with Crippen LogP contribution in [0.3, 0.4) is 0 Å². The number of hydrogen-bond acceptors (Lipinski definition) is 8. The number of rotatable bonds is 8. The van der Waals surface area contributed by atoms with Crippen LogP contribution in [-0.4, -0.2) is 28.6 Å². The lowest BCUT2D eigenvalue weighted by molar-refractivity contribution is -0.387. The molecule has 0 aliphatic carbocycles. The van der Waals surface area contributed by atoms with E-state index in [2.05, 4.69) is 15.5 Å². The van der Waals surface area contributed by atoms with Crippen LogP contribution in [0.25, 0.3) is 10.2 Å². The van der Waals surface area contributed by atoms with Gasteiger partial charge in [-0.15, -0.1) is 11.3 Å². The van der Waals surface area contributed by atoms with E-state index in [1.165, 1.54) is 35.4 Å². The number of nitrogens with zero attached hydrogens (tertiary/aromatic N) is 3. The molecule has 33 heavy (non-hydrogen) atoms. The van der Waals surface area contributed by atoms with E-state index >= 15 is 0 Å². The van der Waals surface area contributed by atoms with Crippen LogP contribution in [0.1, 0.15) is 11.1 Å². The first-order chi connectivity index (χ1) is 16.0. The minimum Gasteiger partial charge on any atom is -0.484 e. The van der Waals surface area contributed by atoms with Crippen molar-refractivity contribution < 1.29 is 14.5 Å². The number of carbonyl (C=O) groups excluding carboxylic acids is 1. The van der Waals surface area contributed by atoms with Gasteiger partial charge in [-0.1, -0.05) is 42.1 Å². The monoisotopic (exact) mass is 478 g/mol. The molecule has 10 heteroatoms. The molecule has 0 radical (unpaired) electrons. The highest BCUT2D eigenvalue weighted by Crippen LogP contribution is 2.38. The number of carbonyl (C=O) groups is 1. The van der Waals surface area contributed by atoms with Gasteiger partial charge >= 0.3 is 0 Å². The van der Waals surface area contributed by atoms with Crippen LogP contribution in [0, 0.1) is 17.0 Å². The normalized spacial score (nSPS) is 11.1. The van der Waals surface area contributed by atoms with Gasteiger partial charge in [0.1, 0.15) is 5.75 Å². The predicted octanol–water partition coefficient (Wildman–Crippen LogP) is 5.19. The van der Waals surface area contributed by atoms with Crippen LogP contribution in [0.5, 0.6) is 5.75 Å². The summed E-state index contributed by atoms with van der Waals surface area (Å²) in [5.74, 6) is 0.149. The van der Waals surface area contributed by atoms with E-state index in [1.807, 2.05) is 49.4 Å². The average Bonchev–Trinajstić information content (AvgIpc) is 3.21. The van der Waals surface area contributed by atoms with Crippen LogP contribution >= 0.6 is 23.1 Å². The summed E-state index contributed by atoms with van der Waals surface area (Å²) in [6, 6.07) is 19.8. The first-order valence-electron chi connectivity index (χ1n) is 9.81. The van der Waals surface area contributed by atoms with Crippen LogP contribution in [0.15, 0.2) is 81.1 Å². The summed E-state index contributed by atoms with van der Waals surface area (Å²) >= 11 is 2.73. The van der Waals surface area contributed by atoms with Gasteiger partial charge < -0.3 is 4.74 Å². The van der Waals surface area contributed by atoms with E-state index in [4.69, 9.17) is 4.74 Å². The SMILES string of the molecule is Cc1cccc(OCC(=O)N/N=C/c2ccc(Sc3nc4ccccc4s3)c([N+](=O)[O-])c2)c1. The number of aromatic nitrogens is 1. The van der Waals surface area contributed by atoms with Crippen molar-refractivity contribution in [3.05, 3.63) is 88.0 Å². The highest BCUT2D eigenvalue weighted by molar-refractivity contribution is 8.01. The number of hydrogen-bond donors (Lipinski definition) is 1. The first kappa shape index (κ1) is 22.4. The lowest BCUT2D eigenvalue weighted by Crippen LogP contribution is -2.24. The summed E-state index contributed by atoms with van der Waals surface area (Å²) in [4.78, 5) is 28.1.